The molecule has 0 saturated carbocycles. The summed E-state index contributed by atoms with van der Waals surface area (Å²) in [5.74, 6) is 1.46. The van der Waals surface area contributed by atoms with Crippen molar-refractivity contribution < 1.29 is 19.0 Å². The summed E-state index contributed by atoms with van der Waals surface area (Å²) in [5.41, 5.74) is 1.09. The molecule has 2 heterocycles. The highest BCUT2D eigenvalue weighted by Crippen LogP contribution is 2.33. The first-order valence-electron chi connectivity index (χ1n) is 5.38. The molecule has 0 bridgehead atoms. The number of carbonyl (C=O) groups excluding carboxylic acids is 1. The lowest BCUT2D eigenvalue weighted by molar-refractivity contribution is -0.141. The first-order valence-corrected chi connectivity index (χ1v) is 5.38. The molecule has 1 fully saturated rings. The largest absolute Gasteiger partial charge is 0.465 e. The van der Waals surface area contributed by atoms with E-state index in [2.05, 4.69) is 0 Å². The molecular formula is C12H12O4. The van der Waals surface area contributed by atoms with E-state index in [9.17, 15) is 4.79 Å². The summed E-state index contributed by atoms with van der Waals surface area (Å²) in [4.78, 5) is 11.3. The molecule has 2 aliphatic rings. The molecule has 0 aliphatic carbocycles. The van der Waals surface area contributed by atoms with E-state index in [1.807, 2.05) is 18.2 Å². The first kappa shape index (κ1) is 9.51. The van der Waals surface area contributed by atoms with Crippen LogP contribution in [-0.4, -0.2) is 19.4 Å². The standard InChI is InChI=1S/C12H12O4/c13-12-9(3-4-14-12)5-8-1-2-10-11(6-8)16-7-15-10/h1-2,6,9H,3-5,7H2/t9-/m0/s1. The minimum absolute atomic E-state index is 0.000344. The maximum absolute atomic E-state index is 11.3. The van der Waals surface area contributed by atoms with E-state index < -0.39 is 0 Å². The van der Waals surface area contributed by atoms with Crippen molar-refractivity contribution in [2.45, 2.75) is 12.8 Å². The Bertz CT molecular complexity index is 427. The number of ether oxygens (including phenoxy) is 3. The predicted octanol–water partition coefficient (Wildman–Crippen LogP) is 1.52. The second-order valence-electron chi connectivity index (χ2n) is 4.04. The van der Waals surface area contributed by atoms with E-state index in [-0.39, 0.29) is 18.7 Å². The minimum atomic E-state index is -0.0855. The van der Waals surface area contributed by atoms with Crippen LogP contribution >= 0.6 is 0 Å². The van der Waals surface area contributed by atoms with Crippen LogP contribution in [0, 0.1) is 5.92 Å². The van der Waals surface area contributed by atoms with Crippen molar-refractivity contribution in [1.29, 1.82) is 0 Å². The highest BCUT2D eigenvalue weighted by atomic mass is 16.7. The van der Waals surface area contributed by atoms with Gasteiger partial charge >= 0.3 is 5.97 Å². The molecule has 84 valence electrons. The van der Waals surface area contributed by atoms with Gasteiger partial charge in [-0.05, 0) is 30.5 Å². The van der Waals surface area contributed by atoms with Gasteiger partial charge in [0.2, 0.25) is 6.79 Å². The van der Waals surface area contributed by atoms with Crippen molar-refractivity contribution in [3.63, 3.8) is 0 Å². The second-order valence-corrected chi connectivity index (χ2v) is 4.04. The van der Waals surface area contributed by atoms with Gasteiger partial charge in [-0.3, -0.25) is 4.79 Å². The fourth-order valence-corrected chi connectivity index (χ4v) is 2.08. The van der Waals surface area contributed by atoms with Crippen molar-refractivity contribution in [3.05, 3.63) is 23.8 Å². The van der Waals surface area contributed by atoms with Crippen molar-refractivity contribution in [2.24, 2.45) is 5.92 Å². The zero-order valence-electron chi connectivity index (χ0n) is 8.77. The third-order valence-electron chi connectivity index (χ3n) is 2.96. The van der Waals surface area contributed by atoms with Gasteiger partial charge in [0.25, 0.3) is 0 Å². The number of fused-ring (bicyclic) bond motifs is 1. The summed E-state index contributed by atoms with van der Waals surface area (Å²) in [6, 6.07) is 5.80. The van der Waals surface area contributed by atoms with Crippen molar-refractivity contribution in [3.8, 4) is 11.5 Å². The van der Waals surface area contributed by atoms with E-state index in [0.717, 1.165) is 29.9 Å². The molecule has 3 rings (SSSR count). The third-order valence-corrected chi connectivity index (χ3v) is 2.96. The topological polar surface area (TPSA) is 44.8 Å². The highest BCUT2D eigenvalue weighted by Gasteiger charge is 2.27. The second kappa shape index (κ2) is 3.70. The molecule has 4 nitrogen and oxygen atoms in total. The van der Waals surface area contributed by atoms with Gasteiger partial charge in [-0.15, -0.1) is 0 Å². The summed E-state index contributed by atoms with van der Waals surface area (Å²) < 4.78 is 15.5. The molecule has 0 N–H and O–H groups in total. The van der Waals surface area contributed by atoms with Crippen LogP contribution in [0.5, 0.6) is 11.5 Å². The molecular weight excluding hydrogens is 208 g/mol. The SMILES string of the molecule is O=C1OCC[C@H]1Cc1ccc2c(c1)OCO2. The number of rotatable bonds is 2. The van der Waals surface area contributed by atoms with Crippen LogP contribution in [-0.2, 0) is 16.0 Å². The fourth-order valence-electron chi connectivity index (χ4n) is 2.08. The Morgan fingerprint density at radius 1 is 1.19 bits per heavy atom. The smallest absolute Gasteiger partial charge is 0.309 e. The molecule has 1 aromatic carbocycles. The van der Waals surface area contributed by atoms with Crippen LogP contribution in [0.1, 0.15) is 12.0 Å². The third kappa shape index (κ3) is 1.60. The summed E-state index contributed by atoms with van der Waals surface area (Å²) in [7, 11) is 0. The summed E-state index contributed by atoms with van der Waals surface area (Å²) in [6.07, 6.45) is 1.53. The van der Waals surface area contributed by atoms with Crippen LogP contribution in [0.15, 0.2) is 18.2 Å². The quantitative estimate of drug-likeness (QED) is 0.709. The molecule has 0 spiro atoms. The number of cyclic esters (lactones) is 1. The van der Waals surface area contributed by atoms with E-state index >= 15 is 0 Å². The van der Waals surface area contributed by atoms with Crippen molar-refractivity contribution in [2.75, 3.05) is 13.4 Å². The van der Waals surface area contributed by atoms with Crippen molar-refractivity contribution >= 4 is 5.97 Å². The van der Waals surface area contributed by atoms with Gasteiger partial charge in [0.15, 0.2) is 11.5 Å². The molecule has 0 aromatic heterocycles. The minimum Gasteiger partial charge on any atom is -0.465 e. The maximum Gasteiger partial charge on any atom is 0.309 e. The Kier molecular flexibility index (Phi) is 2.20. The van der Waals surface area contributed by atoms with E-state index in [1.54, 1.807) is 0 Å². The average molecular weight is 220 g/mol. The molecule has 0 amide bonds. The molecule has 2 aliphatic heterocycles. The number of hydrogen-bond acceptors (Lipinski definition) is 4. The lowest BCUT2D eigenvalue weighted by atomic mass is 9.98. The number of hydrogen-bond donors (Lipinski definition) is 0. The van der Waals surface area contributed by atoms with Gasteiger partial charge in [0.1, 0.15) is 0 Å². The fraction of sp³-hybridized carbons (Fsp3) is 0.417. The van der Waals surface area contributed by atoms with E-state index in [1.165, 1.54) is 0 Å². The predicted molar refractivity (Wildman–Crippen MR) is 55.3 cm³/mol. The highest BCUT2D eigenvalue weighted by molar-refractivity contribution is 5.74. The van der Waals surface area contributed by atoms with Gasteiger partial charge in [-0.25, -0.2) is 0 Å². The van der Waals surface area contributed by atoms with Crippen LogP contribution in [0.2, 0.25) is 0 Å². The van der Waals surface area contributed by atoms with Crippen LogP contribution in [0.25, 0.3) is 0 Å². The van der Waals surface area contributed by atoms with Gasteiger partial charge < -0.3 is 14.2 Å². The van der Waals surface area contributed by atoms with E-state index in [0.29, 0.717) is 6.61 Å². The van der Waals surface area contributed by atoms with Gasteiger partial charge in [-0.1, -0.05) is 6.07 Å². The summed E-state index contributed by atoms with van der Waals surface area (Å²) in [5, 5.41) is 0. The Morgan fingerprint density at radius 2 is 2.06 bits per heavy atom. The first-order chi connectivity index (χ1) is 7.83. The molecule has 1 saturated heterocycles. The zero-order chi connectivity index (χ0) is 11.0. The summed E-state index contributed by atoms with van der Waals surface area (Å²) >= 11 is 0. The van der Waals surface area contributed by atoms with Gasteiger partial charge in [-0.2, -0.15) is 0 Å². The molecule has 4 heteroatoms. The Hall–Kier alpha value is -1.71. The molecule has 0 unspecified atom stereocenters. The Balaban J connectivity index is 1.77. The van der Waals surface area contributed by atoms with Gasteiger partial charge in [0, 0.05) is 0 Å². The lowest BCUT2D eigenvalue weighted by Crippen LogP contribution is -2.10. The molecule has 16 heavy (non-hydrogen) atoms. The van der Waals surface area contributed by atoms with Crippen molar-refractivity contribution in [1.82, 2.24) is 0 Å². The Labute approximate surface area is 93.1 Å². The van der Waals surface area contributed by atoms with E-state index in [4.69, 9.17) is 14.2 Å². The monoisotopic (exact) mass is 220 g/mol. The van der Waals surface area contributed by atoms with Crippen LogP contribution < -0.4 is 9.47 Å². The zero-order valence-corrected chi connectivity index (χ0v) is 8.77. The normalized spacial score (nSPS) is 22.2. The van der Waals surface area contributed by atoms with Crippen LogP contribution in [0.4, 0.5) is 0 Å². The molecule has 0 radical (unpaired) electrons. The molecule has 1 aromatic rings. The van der Waals surface area contributed by atoms with Gasteiger partial charge in [0.05, 0.1) is 12.5 Å². The lowest BCUT2D eigenvalue weighted by Gasteiger charge is -2.06. The number of carbonyl (C=O) groups is 1. The number of esters is 1. The number of benzene rings is 1. The average Bonchev–Trinajstić information content (AvgIpc) is 2.88. The van der Waals surface area contributed by atoms with Crippen LogP contribution in [0.3, 0.4) is 0 Å². The maximum atomic E-state index is 11.3. The molecule has 1 atom stereocenters. The summed E-state index contributed by atoms with van der Waals surface area (Å²) in [6.45, 7) is 0.832. The Morgan fingerprint density at radius 3 is 2.88 bits per heavy atom.